The molecule has 0 unspecified atom stereocenters. The number of fused-ring (bicyclic) bond motifs is 3. The van der Waals surface area contributed by atoms with Gasteiger partial charge in [0.25, 0.3) is 5.91 Å². The van der Waals surface area contributed by atoms with E-state index in [0.29, 0.717) is 47.8 Å². The molecule has 1 spiro atoms. The Morgan fingerprint density at radius 3 is 2.70 bits per heavy atom. The number of amides is 1. The number of halogens is 1. The van der Waals surface area contributed by atoms with Gasteiger partial charge in [0.1, 0.15) is 11.4 Å². The number of aromatic amines is 1. The maximum Gasteiger partial charge on any atom is 0.339 e. The van der Waals surface area contributed by atoms with Crippen LogP contribution in [0.25, 0.3) is 10.9 Å². The van der Waals surface area contributed by atoms with Gasteiger partial charge in [0, 0.05) is 53.1 Å². The number of hydrogen-bond donors (Lipinski definition) is 1. The van der Waals surface area contributed by atoms with Gasteiger partial charge in [-0.25, -0.2) is 4.79 Å². The van der Waals surface area contributed by atoms with Crippen LogP contribution in [0, 0.1) is 6.92 Å². The number of esters is 1. The molecule has 1 saturated heterocycles. The predicted octanol–water partition coefficient (Wildman–Crippen LogP) is 4.44. The van der Waals surface area contributed by atoms with E-state index >= 15 is 0 Å². The summed E-state index contributed by atoms with van der Waals surface area (Å²) in [5.74, 6) is 0.362. The van der Waals surface area contributed by atoms with E-state index < -0.39 is 5.60 Å². The Labute approximate surface area is 178 Å². The molecule has 6 nitrogen and oxygen atoms in total. The van der Waals surface area contributed by atoms with Crippen LogP contribution in [0.2, 0.25) is 5.02 Å². The molecule has 1 amide bonds. The summed E-state index contributed by atoms with van der Waals surface area (Å²) in [7, 11) is 1.60. The van der Waals surface area contributed by atoms with Gasteiger partial charge in [-0.05, 0) is 37.3 Å². The maximum absolute atomic E-state index is 13.3. The molecule has 3 heterocycles. The molecule has 2 aromatic carbocycles. The highest BCUT2D eigenvalue weighted by atomic mass is 35.5. The number of carbonyl (C=O) groups is 2. The lowest BCUT2D eigenvalue weighted by atomic mass is 9.83. The molecule has 1 N–H and O–H groups in total. The summed E-state index contributed by atoms with van der Waals surface area (Å²) in [6, 6.07) is 10.9. The van der Waals surface area contributed by atoms with Gasteiger partial charge in [0.2, 0.25) is 0 Å². The van der Waals surface area contributed by atoms with Crippen LogP contribution in [0.1, 0.15) is 44.8 Å². The van der Waals surface area contributed by atoms with Gasteiger partial charge < -0.3 is 19.4 Å². The second kappa shape index (κ2) is 6.77. The van der Waals surface area contributed by atoms with Crippen LogP contribution >= 0.6 is 11.6 Å². The second-order valence-corrected chi connectivity index (χ2v) is 8.34. The normalized spacial score (nSPS) is 17.3. The van der Waals surface area contributed by atoms with Crippen molar-refractivity contribution in [1.29, 1.82) is 0 Å². The van der Waals surface area contributed by atoms with Crippen molar-refractivity contribution in [2.75, 3.05) is 20.2 Å². The van der Waals surface area contributed by atoms with Crippen molar-refractivity contribution in [2.45, 2.75) is 25.4 Å². The number of carbonyl (C=O) groups excluding carboxylic acids is 2. The molecule has 0 bridgehead atoms. The van der Waals surface area contributed by atoms with Crippen molar-refractivity contribution in [3.8, 4) is 5.75 Å². The lowest BCUT2D eigenvalue weighted by molar-refractivity contribution is -0.0390. The summed E-state index contributed by atoms with van der Waals surface area (Å²) in [6.07, 6.45) is 1.11. The smallest absolute Gasteiger partial charge is 0.339 e. The van der Waals surface area contributed by atoms with E-state index in [4.69, 9.17) is 21.1 Å². The minimum absolute atomic E-state index is 0.0221. The Morgan fingerprint density at radius 2 is 1.97 bits per heavy atom. The second-order valence-electron chi connectivity index (χ2n) is 7.90. The molecule has 1 fully saturated rings. The number of H-pyrrole nitrogens is 1. The summed E-state index contributed by atoms with van der Waals surface area (Å²) < 4.78 is 11.2. The maximum atomic E-state index is 13.3. The van der Waals surface area contributed by atoms with Gasteiger partial charge in [0.15, 0.2) is 0 Å². The first-order chi connectivity index (χ1) is 14.4. The molecule has 1 aromatic heterocycles. The van der Waals surface area contributed by atoms with Gasteiger partial charge in [-0.1, -0.05) is 17.7 Å². The van der Waals surface area contributed by atoms with Crippen molar-refractivity contribution >= 4 is 34.4 Å². The fraction of sp³-hybridized carbons (Fsp3) is 0.304. The number of rotatable bonds is 2. The Morgan fingerprint density at radius 1 is 1.20 bits per heavy atom. The molecular weight excluding hydrogens is 404 g/mol. The van der Waals surface area contributed by atoms with Crippen molar-refractivity contribution in [2.24, 2.45) is 0 Å². The number of hydrogen-bond acceptors (Lipinski definition) is 4. The molecule has 30 heavy (non-hydrogen) atoms. The van der Waals surface area contributed by atoms with E-state index in [9.17, 15) is 9.59 Å². The number of aromatic nitrogens is 1. The number of aryl methyl sites for hydroxylation is 1. The monoisotopic (exact) mass is 424 g/mol. The minimum atomic E-state index is -0.694. The van der Waals surface area contributed by atoms with E-state index in [1.807, 2.05) is 30.0 Å². The average Bonchev–Trinajstić information content (AvgIpc) is 3.20. The summed E-state index contributed by atoms with van der Waals surface area (Å²) in [4.78, 5) is 30.8. The summed E-state index contributed by atoms with van der Waals surface area (Å²) in [5, 5.41) is 1.49. The average molecular weight is 425 g/mol. The number of piperidine rings is 1. The fourth-order valence-electron chi connectivity index (χ4n) is 4.67. The number of benzene rings is 2. The first-order valence-electron chi connectivity index (χ1n) is 9.91. The van der Waals surface area contributed by atoms with Gasteiger partial charge in [-0.3, -0.25) is 4.79 Å². The third-order valence-corrected chi connectivity index (χ3v) is 6.48. The summed E-state index contributed by atoms with van der Waals surface area (Å²) in [6.45, 7) is 2.90. The Balaban J connectivity index is 1.42. The Kier molecular flexibility index (Phi) is 4.29. The molecule has 0 radical (unpaired) electrons. The van der Waals surface area contributed by atoms with Crippen LogP contribution in [-0.4, -0.2) is 42.0 Å². The number of likely N-dealkylation sites (tertiary alicyclic amines) is 1. The standard InChI is InChI=1S/C23H21ClN2O4/c1-13-20(17-5-3-14(24)11-19(17)25-13)21(27)26-9-7-23(8-10-26)18-12-15(29-2)4-6-16(18)22(28)30-23/h3-6,11-12,25H,7-10H2,1-2H3. The van der Waals surface area contributed by atoms with Gasteiger partial charge >= 0.3 is 5.97 Å². The molecule has 0 aliphatic carbocycles. The van der Waals surface area contributed by atoms with Crippen LogP contribution in [0.15, 0.2) is 36.4 Å². The van der Waals surface area contributed by atoms with Crippen LogP contribution in [-0.2, 0) is 10.3 Å². The topological polar surface area (TPSA) is 71.6 Å². The van der Waals surface area contributed by atoms with E-state index in [-0.39, 0.29) is 11.9 Å². The van der Waals surface area contributed by atoms with Crippen molar-refractivity contribution < 1.29 is 19.1 Å². The quantitative estimate of drug-likeness (QED) is 0.617. The van der Waals surface area contributed by atoms with E-state index in [0.717, 1.165) is 22.2 Å². The predicted molar refractivity (Wildman–Crippen MR) is 113 cm³/mol. The molecule has 7 heteroatoms. The molecular formula is C23H21ClN2O4. The third-order valence-electron chi connectivity index (χ3n) is 6.25. The van der Waals surface area contributed by atoms with Crippen LogP contribution in [0.5, 0.6) is 5.75 Å². The van der Waals surface area contributed by atoms with Crippen LogP contribution < -0.4 is 4.74 Å². The zero-order valence-electron chi connectivity index (χ0n) is 16.8. The molecule has 0 atom stereocenters. The molecule has 154 valence electrons. The first-order valence-corrected chi connectivity index (χ1v) is 10.3. The van der Waals surface area contributed by atoms with Crippen molar-refractivity contribution in [3.05, 3.63) is 63.8 Å². The Hall–Kier alpha value is -2.99. The van der Waals surface area contributed by atoms with Gasteiger partial charge in [-0.2, -0.15) is 0 Å². The lowest BCUT2D eigenvalue weighted by Gasteiger charge is -2.38. The van der Waals surface area contributed by atoms with Crippen LogP contribution in [0.4, 0.5) is 0 Å². The number of nitrogens with zero attached hydrogens (tertiary/aromatic N) is 1. The minimum Gasteiger partial charge on any atom is -0.497 e. The van der Waals surface area contributed by atoms with E-state index in [1.54, 1.807) is 25.3 Å². The van der Waals surface area contributed by atoms with Gasteiger partial charge in [0.05, 0.1) is 18.2 Å². The highest BCUT2D eigenvalue weighted by Crippen LogP contribution is 2.45. The van der Waals surface area contributed by atoms with E-state index in [1.165, 1.54) is 0 Å². The SMILES string of the molecule is COc1ccc2c(c1)C1(CCN(C(=O)c3c(C)[nH]c4cc(Cl)ccc34)CC1)OC2=O. The number of ether oxygens (including phenoxy) is 2. The third kappa shape index (κ3) is 2.78. The van der Waals surface area contributed by atoms with Crippen molar-refractivity contribution in [1.82, 2.24) is 9.88 Å². The van der Waals surface area contributed by atoms with Gasteiger partial charge in [-0.15, -0.1) is 0 Å². The molecule has 2 aliphatic heterocycles. The highest BCUT2D eigenvalue weighted by Gasteiger charge is 2.48. The summed E-state index contributed by atoms with van der Waals surface area (Å²) in [5.41, 5.74) is 3.09. The molecule has 5 rings (SSSR count). The van der Waals surface area contributed by atoms with E-state index in [2.05, 4.69) is 4.98 Å². The lowest BCUT2D eigenvalue weighted by Crippen LogP contribution is -2.45. The molecule has 0 saturated carbocycles. The van der Waals surface area contributed by atoms with Crippen molar-refractivity contribution in [3.63, 3.8) is 0 Å². The highest BCUT2D eigenvalue weighted by molar-refractivity contribution is 6.31. The summed E-state index contributed by atoms with van der Waals surface area (Å²) >= 11 is 6.09. The van der Waals surface area contributed by atoms with Crippen LogP contribution in [0.3, 0.4) is 0 Å². The molecule has 3 aromatic rings. The zero-order valence-corrected chi connectivity index (χ0v) is 17.5. The zero-order chi connectivity index (χ0) is 21.0. The largest absolute Gasteiger partial charge is 0.497 e. The molecule has 2 aliphatic rings. The first kappa shape index (κ1) is 19.0. The fourth-order valence-corrected chi connectivity index (χ4v) is 4.85. The Bertz CT molecular complexity index is 1190. The number of nitrogens with one attached hydrogen (secondary N) is 1. The number of methoxy groups -OCH3 is 1.